The largest absolute Gasteiger partial charge is 0.497 e. The molecule has 0 aromatic heterocycles. The van der Waals surface area contributed by atoms with E-state index in [9.17, 15) is 18.0 Å². The lowest BCUT2D eigenvalue weighted by Gasteiger charge is -2.32. The molecular formula is C28H33N3O5S. The van der Waals surface area contributed by atoms with Crippen molar-refractivity contribution in [2.24, 2.45) is 0 Å². The Balaban J connectivity index is 1.91. The van der Waals surface area contributed by atoms with Crippen molar-refractivity contribution in [2.75, 3.05) is 27.0 Å². The van der Waals surface area contributed by atoms with Gasteiger partial charge in [-0.3, -0.25) is 9.59 Å². The third-order valence-electron chi connectivity index (χ3n) is 6.02. The highest BCUT2D eigenvalue weighted by atomic mass is 32.2. The van der Waals surface area contributed by atoms with Crippen LogP contribution in [0.2, 0.25) is 0 Å². The monoisotopic (exact) mass is 523 g/mol. The molecule has 196 valence electrons. The van der Waals surface area contributed by atoms with Crippen LogP contribution in [0.1, 0.15) is 16.7 Å². The maximum absolute atomic E-state index is 13.6. The van der Waals surface area contributed by atoms with E-state index in [1.165, 1.54) is 11.9 Å². The number of methoxy groups -OCH3 is 1. The highest BCUT2D eigenvalue weighted by molar-refractivity contribution is 7.88. The zero-order chi connectivity index (χ0) is 26.8. The van der Waals surface area contributed by atoms with Crippen LogP contribution in [0.25, 0.3) is 0 Å². The Morgan fingerprint density at radius 1 is 0.865 bits per heavy atom. The van der Waals surface area contributed by atoms with Gasteiger partial charge in [0.25, 0.3) is 0 Å². The second-order valence-corrected chi connectivity index (χ2v) is 10.9. The fraction of sp³-hybridized carbons (Fsp3) is 0.286. The maximum Gasteiger partial charge on any atom is 0.243 e. The Hall–Kier alpha value is -3.69. The summed E-state index contributed by atoms with van der Waals surface area (Å²) >= 11 is 0. The quantitative estimate of drug-likeness (QED) is 0.394. The minimum Gasteiger partial charge on any atom is -0.497 e. The van der Waals surface area contributed by atoms with Gasteiger partial charge in [-0.15, -0.1) is 0 Å². The van der Waals surface area contributed by atoms with Crippen LogP contribution >= 0.6 is 0 Å². The van der Waals surface area contributed by atoms with Crippen molar-refractivity contribution in [1.29, 1.82) is 0 Å². The van der Waals surface area contributed by atoms with Crippen molar-refractivity contribution >= 4 is 21.8 Å². The first-order valence-corrected chi connectivity index (χ1v) is 13.7. The van der Waals surface area contributed by atoms with Gasteiger partial charge < -0.3 is 15.0 Å². The number of ether oxygens (including phenoxy) is 1. The van der Waals surface area contributed by atoms with Crippen LogP contribution in [0, 0.1) is 0 Å². The summed E-state index contributed by atoms with van der Waals surface area (Å²) < 4.78 is 30.2. The van der Waals surface area contributed by atoms with Crippen molar-refractivity contribution in [3.63, 3.8) is 0 Å². The number of carbonyl (C=O) groups excluding carboxylic acids is 2. The normalized spacial score (nSPS) is 12.1. The van der Waals surface area contributed by atoms with Gasteiger partial charge in [-0.05, 0) is 28.8 Å². The maximum atomic E-state index is 13.6. The molecule has 9 heteroatoms. The second kappa shape index (κ2) is 13.0. The average molecular weight is 524 g/mol. The van der Waals surface area contributed by atoms with Gasteiger partial charge in [-0.25, -0.2) is 8.42 Å². The van der Waals surface area contributed by atoms with Gasteiger partial charge in [0.1, 0.15) is 11.8 Å². The van der Waals surface area contributed by atoms with E-state index in [0.29, 0.717) is 5.75 Å². The summed E-state index contributed by atoms with van der Waals surface area (Å²) in [5, 5.41) is 2.96. The fourth-order valence-corrected chi connectivity index (χ4v) is 4.13. The molecule has 1 atom stereocenters. The van der Waals surface area contributed by atoms with Gasteiger partial charge in [-0.2, -0.15) is 4.31 Å². The van der Waals surface area contributed by atoms with Crippen molar-refractivity contribution in [1.82, 2.24) is 14.5 Å². The van der Waals surface area contributed by atoms with Crippen LogP contribution in [0.4, 0.5) is 0 Å². The molecule has 8 nitrogen and oxygen atoms in total. The van der Waals surface area contributed by atoms with Crippen LogP contribution in [0.15, 0.2) is 84.9 Å². The molecule has 0 heterocycles. The summed E-state index contributed by atoms with van der Waals surface area (Å²) in [7, 11) is -0.647. The van der Waals surface area contributed by atoms with Gasteiger partial charge in [0, 0.05) is 26.6 Å². The molecule has 0 aliphatic rings. The van der Waals surface area contributed by atoms with Gasteiger partial charge >= 0.3 is 0 Å². The zero-order valence-electron chi connectivity index (χ0n) is 21.3. The highest BCUT2D eigenvalue weighted by Gasteiger charge is 2.31. The Labute approximate surface area is 218 Å². The third kappa shape index (κ3) is 8.44. The molecule has 3 aromatic carbocycles. The molecular weight excluding hydrogens is 490 g/mol. The molecule has 1 N–H and O–H groups in total. The predicted octanol–water partition coefficient (Wildman–Crippen LogP) is 2.84. The van der Waals surface area contributed by atoms with Gasteiger partial charge in [-0.1, -0.05) is 72.8 Å². The number of hydrogen-bond acceptors (Lipinski definition) is 5. The third-order valence-corrected chi connectivity index (χ3v) is 7.28. The number of likely N-dealkylation sites (N-methyl/N-ethyl adjacent to an activating group) is 1. The zero-order valence-corrected chi connectivity index (χ0v) is 22.1. The Morgan fingerprint density at radius 3 is 1.97 bits per heavy atom. The number of nitrogens with zero attached hydrogens (tertiary/aromatic N) is 2. The second-order valence-electron chi connectivity index (χ2n) is 8.80. The lowest BCUT2D eigenvalue weighted by atomic mass is 10.0. The Bertz CT molecular complexity index is 1270. The SMILES string of the molecule is COc1ccc(CNC(=O)[C@H](Cc2ccccc2)N(Cc2ccccc2)C(=O)CN(C)S(C)(=O)=O)cc1. The van der Waals surface area contributed by atoms with Crippen LogP contribution in [0.5, 0.6) is 5.75 Å². The van der Waals surface area contributed by atoms with E-state index in [0.717, 1.165) is 27.3 Å². The van der Waals surface area contributed by atoms with E-state index < -0.39 is 22.0 Å². The number of nitrogens with one attached hydrogen (secondary N) is 1. The average Bonchev–Trinajstić information content (AvgIpc) is 2.90. The molecule has 0 aliphatic carbocycles. The van der Waals surface area contributed by atoms with Crippen LogP contribution in [-0.4, -0.2) is 62.4 Å². The van der Waals surface area contributed by atoms with Gasteiger partial charge in [0.05, 0.1) is 19.9 Å². The Kier molecular flexibility index (Phi) is 9.82. The number of hydrogen-bond donors (Lipinski definition) is 1. The van der Waals surface area contributed by atoms with Crippen molar-refractivity contribution in [3.05, 3.63) is 102 Å². The van der Waals surface area contributed by atoms with Crippen molar-refractivity contribution < 1.29 is 22.7 Å². The number of benzene rings is 3. The number of rotatable bonds is 12. The number of sulfonamides is 1. The first-order valence-electron chi connectivity index (χ1n) is 11.9. The smallest absolute Gasteiger partial charge is 0.243 e. The topological polar surface area (TPSA) is 96.0 Å². The Morgan fingerprint density at radius 2 is 1.43 bits per heavy atom. The highest BCUT2D eigenvalue weighted by Crippen LogP contribution is 2.16. The molecule has 2 amide bonds. The van der Waals surface area contributed by atoms with Crippen LogP contribution < -0.4 is 10.1 Å². The van der Waals surface area contributed by atoms with E-state index in [1.54, 1.807) is 7.11 Å². The molecule has 0 saturated carbocycles. The first kappa shape index (κ1) is 27.9. The minimum atomic E-state index is -3.59. The van der Waals surface area contributed by atoms with Crippen molar-refractivity contribution in [2.45, 2.75) is 25.6 Å². The van der Waals surface area contributed by atoms with E-state index >= 15 is 0 Å². The summed E-state index contributed by atoms with van der Waals surface area (Å²) in [5.41, 5.74) is 2.60. The molecule has 3 aromatic rings. The standard InChI is InChI=1S/C28H33N3O5S/c1-30(37(3,34)35)21-27(32)31(20-24-12-8-5-9-13-24)26(18-22-10-6-4-7-11-22)28(33)29-19-23-14-16-25(36-2)17-15-23/h4-17,26H,18-21H2,1-3H3,(H,29,33)/t26-/m0/s1. The molecule has 0 aliphatic heterocycles. The van der Waals surface area contributed by atoms with E-state index in [4.69, 9.17) is 4.74 Å². The van der Waals surface area contributed by atoms with Crippen LogP contribution in [-0.2, 0) is 39.1 Å². The van der Waals surface area contributed by atoms with E-state index in [-0.39, 0.29) is 32.0 Å². The van der Waals surface area contributed by atoms with Gasteiger partial charge in [0.15, 0.2) is 0 Å². The minimum absolute atomic E-state index is 0.157. The summed E-state index contributed by atoms with van der Waals surface area (Å²) in [6.45, 7) is 0.0537. The molecule has 3 rings (SSSR count). The summed E-state index contributed by atoms with van der Waals surface area (Å²) in [6, 6.07) is 25.3. The fourth-order valence-electron chi connectivity index (χ4n) is 3.78. The lowest BCUT2D eigenvalue weighted by Crippen LogP contribution is -2.52. The van der Waals surface area contributed by atoms with E-state index in [1.807, 2.05) is 84.9 Å². The molecule has 0 unspecified atom stereocenters. The molecule has 0 saturated heterocycles. The van der Waals surface area contributed by atoms with Gasteiger partial charge in [0.2, 0.25) is 21.8 Å². The molecule has 0 spiro atoms. The van der Waals surface area contributed by atoms with E-state index in [2.05, 4.69) is 5.32 Å². The summed E-state index contributed by atoms with van der Waals surface area (Å²) in [5.74, 6) is -0.0741. The predicted molar refractivity (Wildman–Crippen MR) is 143 cm³/mol. The number of carbonyl (C=O) groups is 2. The number of amides is 2. The molecule has 0 fully saturated rings. The first-order chi connectivity index (χ1) is 17.7. The molecule has 37 heavy (non-hydrogen) atoms. The molecule has 0 bridgehead atoms. The summed E-state index contributed by atoms with van der Waals surface area (Å²) in [6.07, 6.45) is 1.32. The molecule has 0 radical (unpaired) electrons. The lowest BCUT2D eigenvalue weighted by molar-refractivity contribution is -0.141. The van der Waals surface area contributed by atoms with Crippen molar-refractivity contribution in [3.8, 4) is 5.75 Å². The summed E-state index contributed by atoms with van der Waals surface area (Å²) in [4.78, 5) is 28.6. The van der Waals surface area contributed by atoms with Crippen LogP contribution in [0.3, 0.4) is 0 Å².